The van der Waals surface area contributed by atoms with Crippen molar-refractivity contribution in [1.82, 2.24) is 19.6 Å². The van der Waals surface area contributed by atoms with E-state index < -0.39 is 12.0 Å². The second-order valence-corrected chi connectivity index (χ2v) is 6.17. The van der Waals surface area contributed by atoms with Gasteiger partial charge in [-0.25, -0.2) is 4.79 Å². The van der Waals surface area contributed by atoms with Crippen molar-refractivity contribution in [3.05, 3.63) is 65.2 Å². The van der Waals surface area contributed by atoms with Crippen LogP contribution in [0, 0.1) is 0 Å². The molecule has 0 spiro atoms. The van der Waals surface area contributed by atoms with Gasteiger partial charge < -0.3 is 10.4 Å². The average Bonchev–Trinajstić information content (AvgIpc) is 3.25. The SMILES string of the molecule is CC(C(=O)O)n1cc(C(=O)Nc2ccc(Cn3cc(Cl)cn3)cc2)cn1. The van der Waals surface area contributed by atoms with E-state index in [1.807, 2.05) is 12.1 Å². The van der Waals surface area contributed by atoms with Crippen LogP contribution in [-0.2, 0) is 11.3 Å². The topological polar surface area (TPSA) is 102 Å². The normalized spacial score (nSPS) is 11.9. The third-order valence-corrected chi connectivity index (χ3v) is 3.97. The second kappa shape index (κ2) is 7.40. The molecule has 3 aromatic rings. The van der Waals surface area contributed by atoms with Gasteiger partial charge >= 0.3 is 5.97 Å². The van der Waals surface area contributed by atoms with Crippen molar-refractivity contribution < 1.29 is 14.7 Å². The van der Waals surface area contributed by atoms with Crippen molar-refractivity contribution in [3.63, 3.8) is 0 Å². The monoisotopic (exact) mass is 373 g/mol. The van der Waals surface area contributed by atoms with Gasteiger partial charge in [-0.15, -0.1) is 0 Å². The number of amides is 1. The first-order chi connectivity index (χ1) is 12.4. The number of carbonyl (C=O) groups excluding carboxylic acids is 1. The van der Waals surface area contributed by atoms with Gasteiger partial charge in [0.15, 0.2) is 0 Å². The summed E-state index contributed by atoms with van der Waals surface area (Å²) in [5, 5.41) is 20.3. The molecular formula is C17H16ClN5O3. The Balaban J connectivity index is 1.63. The van der Waals surface area contributed by atoms with Crippen molar-refractivity contribution >= 4 is 29.2 Å². The summed E-state index contributed by atoms with van der Waals surface area (Å²) >= 11 is 5.84. The summed E-state index contributed by atoms with van der Waals surface area (Å²) in [7, 11) is 0. The molecule has 0 bridgehead atoms. The molecule has 0 fully saturated rings. The minimum absolute atomic E-state index is 0.286. The first-order valence-corrected chi connectivity index (χ1v) is 8.15. The molecule has 0 aliphatic carbocycles. The molecule has 0 aliphatic rings. The summed E-state index contributed by atoms with van der Waals surface area (Å²) in [5.74, 6) is -1.38. The molecule has 0 radical (unpaired) electrons. The summed E-state index contributed by atoms with van der Waals surface area (Å²) in [6.07, 6.45) is 6.04. The highest BCUT2D eigenvalue weighted by atomic mass is 35.5. The van der Waals surface area contributed by atoms with Crippen LogP contribution in [0.5, 0.6) is 0 Å². The molecule has 9 heteroatoms. The molecule has 1 aromatic carbocycles. The molecule has 3 rings (SSSR count). The van der Waals surface area contributed by atoms with E-state index in [0.29, 0.717) is 17.3 Å². The molecule has 2 heterocycles. The molecule has 2 N–H and O–H groups in total. The molecule has 1 amide bonds. The molecule has 134 valence electrons. The minimum atomic E-state index is -1.02. The Bertz CT molecular complexity index is 932. The Labute approximate surface area is 154 Å². The largest absolute Gasteiger partial charge is 0.480 e. The van der Waals surface area contributed by atoms with Gasteiger partial charge in [0.1, 0.15) is 6.04 Å². The van der Waals surface area contributed by atoms with Crippen LogP contribution in [0.3, 0.4) is 0 Å². The Morgan fingerprint density at radius 2 is 1.92 bits per heavy atom. The summed E-state index contributed by atoms with van der Waals surface area (Å²) in [4.78, 5) is 23.2. The fourth-order valence-electron chi connectivity index (χ4n) is 2.29. The number of hydrogen-bond donors (Lipinski definition) is 2. The number of nitrogens with one attached hydrogen (secondary N) is 1. The van der Waals surface area contributed by atoms with Crippen LogP contribution < -0.4 is 5.32 Å². The van der Waals surface area contributed by atoms with E-state index in [9.17, 15) is 9.59 Å². The standard InChI is InChI=1S/C17H16ClN5O3/c1-11(17(25)26)23-9-13(6-20-23)16(24)21-15-4-2-12(3-5-15)8-22-10-14(18)7-19-22/h2-7,9-11H,8H2,1H3,(H,21,24)(H,25,26). The number of carbonyl (C=O) groups is 2. The third-order valence-electron chi connectivity index (χ3n) is 3.78. The van der Waals surface area contributed by atoms with E-state index >= 15 is 0 Å². The van der Waals surface area contributed by atoms with Crippen molar-refractivity contribution in [2.24, 2.45) is 0 Å². The van der Waals surface area contributed by atoms with Gasteiger partial charge in [-0.3, -0.25) is 14.2 Å². The first-order valence-electron chi connectivity index (χ1n) is 7.77. The third kappa shape index (κ3) is 4.09. The molecule has 0 aliphatic heterocycles. The maximum Gasteiger partial charge on any atom is 0.328 e. The quantitative estimate of drug-likeness (QED) is 0.691. The summed E-state index contributed by atoms with van der Waals surface area (Å²) in [5.41, 5.74) is 1.91. The lowest BCUT2D eigenvalue weighted by Gasteiger charge is -2.07. The fourth-order valence-corrected chi connectivity index (χ4v) is 2.45. The molecular weight excluding hydrogens is 358 g/mol. The smallest absolute Gasteiger partial charge is 0.328 e. The Hall–Kier alpha value is -3.13. The van der Waals surface area contributed by atoms with E-state index in [1.54, 1.807) is 29.2 Å². The fraction of sp³-hybridized carbons (Fsp3) is 0.176. The van der Waals surface area contributed by atoms with Crippen LogP contribution in [0.15, 0.2) is 49.1 Å². The van der Waals surface area contributed by atoms with Gasteiger partial charge in [0.2, 0.25) is 0 Å². The molecule has 8 nitrogen and oxygen atoms in total. The summed E-state index contributed by atoms with van der Waals surface area (Å²) in [6.45, 7) is 2.06. The zero-order valence-corrected chi connectivity index (χ0v) is 14.6. The lowest BCUT2D eigenvalue weighted by Crippen LogP contribution is -2.16. The highest BCUT2D eigenvalue weighted by Gasteiger charge is 2.16. The van der Waals surface area contributed by atoms with E-state index in [2.05, 4.69) is 15.5 Å². The molecule has 1 unspecified atom stereocenters. The van der Waals surface area contributed by atoms with Crippen LogP contribution in [0.4, 0.5) is 5.69 Å². The van der Waals surface area contributed by atoms with Gasteiger partial charge in [0.05, 0.1) is 29.5 Å². The first kappa shape index (κ1) is 17.7. The number of carboxylic acid groups (broad SMARTS) is 1. The number of aliphatic carboxylic acids is 1. The van der Waals surface area contributed by atoms with Crippen molar-refractivity contribution in [1.29, 1.82) is 0 Å². The zero-order chi connectivity index (χ0) is 18.7. The van der Waals surface area contributed by atoms with Crippen LogP contribution in [0.25, 0.3) is 0 Å². The van der Waals surface area contributed by atoms with Crippen LogP contribution in [0.2, 0.25) is 5.02 Å². The number of hydrogen-bond acceptors (Lipinski definition) is 4. The molecule has 0 saturated heterocycles. The van der Waals surface area contributed by atoms with E-state index in [1.165, 1.54) is 24.0 Å². The van der Waals surface area contributed by atoms with Crippen LogP contribution in [0.1, 0.15) is 28.9 Å². The van der Waals surface area contributed by atoms with E-state index in [-0.39, 0.29) is 11.5 Å². The number of anilines is 1. The van der Waals surface area contributed by atoms with Gasteiger partial charge in [0.25, 0.3) is 5.91 Å². The second-order valence-electron chi connectivity index (χ2n) is 5.73. The highest BCUT2D eigenvalue weighted by molar-refractivity contribution is 6.30. The number of benzene rings is 1. The number of aromatic nitrogens is 4. The Morgan fingerprint density at radius 3 is 2.54 bits per heavy atom. The van der Waals surface area contributed by atoms with Crippen molar-refractivity contribution in [2.45, 2.75) is 19.5 Å². The highest BCUT2D eigenvalue weighted by Crippen LogP contribution is 2.14. The van der Waals surface area contributed by atoms with Crippen LogP contribution in [-0.4, -0.2) is 36.5 Å². The number of rotatable bonds is 6. The maximum atomic E-state index is 12.3. The van der Waals surface area contributed by atoms with Gasteiger partial charge in [0, 0.05) is 18.1 Å². The Kier molecular flexibility index (Phi) is 5.04. The number of halogens is 1. The number of carboxylic acids is 1. The lowest BCUT2D eigenvalue weighted by atomic mass is 10.2. The summed E-state index contributed by atoms with van der Waals surface area (Å²) < 4.78 is 2.95. The van der Waals surface area contributed by atoms with Crippen molar-refractivity contribution in [2.75, 3.05) is 5.32 Å². The van der Waals surface area contributed by atoms with E-state index in [4.69, 9.17) is 16.7 Å². The van der Waals surface area contributed by atoms with Gasteiger partial charge in [-0.2, -0.15) is 10.2 Å². The Morgan fingerprint density at radius 1 is 1.19 bits per heavy atom. The predicted octanol–water partition coefficient (Wildman–Crippen LogP) is 2.68. The van der Waals surface area contributed by atoms with Gasteiger partial charge in [-0.1, -0.05) is 23.7 Å². The molecule has 26 heavy (non-hydrogen) atoms. The van der Waals surface area contributed by atoms with Gasteiger partial charge in [-0.05, 0) is 24.6 Å². The number of nitrogens with zero attached hydrogens (tertiary/aromatic N) is 4. The van der Waals surface area contributed by atoms with Crippen LogP contribution >= 0.6 is 11.6 Å². The zero-order valence-electron chi connectivity index (χ0n) is 13.8. The van der Waals surface area contributed by atoms with Crippen molar-refractivity contribution in [3.8, 4) is 0 Å². The predicted molar refractivity (Wildman–Crippen MR) is 95.3 cm³/mol. The summed E-state index contributed by atoms with van der Waals surface area (Å²) in [6, 6.07) is 6.47. The molecule has 2 aromatic heterocycles. The molecule has 1 atom stereocenters. The lowest BCUT2D eigenvalue weighted by molar-refractivity contribution is -0.140. The minimum Gasteiger partial charge on any atom is -0.480 e. The van der Waals surface area contributed by atoms with E-state index in [0.717, 1.165) is 5.56 Å². The maximum absolute atomic E-state index is 12.3. The average molecular weight is 374 g/mol. The molecule has 0 saturated carbocycles.